The van der Waals surface area contributed by atoms with Crippen molar-refractivity contribution >= 4 is 23.6 Å². The quantitative estimate of drug-likeness (QED) is 0.751. The average molecular weight is 351 g/mol. The second-order valence-corrected chi connectivity index (χ2v) is 6.07. The molecule has 0 bridgehead atoms. The molecule has 0 spiro atoms. The van der Waals surface area contributed by atoms with Crippen LogP contribution < -0.4 is 5.32 Å². The van der Waals surface area contributed by atoms with E-state index in [9.17, 15) is 18.4 Å². The van der Waals surface area contributed by atoms with Gasteiger partial charge in [-0.1, -0.05) is 30.3 Å². The number of carbonyl (C=O) groups is 2. The van der Waals surface area contributed by atoms with Crippen LogP contribution in [0.25, 0.3) is 0 Å². The maximum Gasteiger partial charge on any atom is 0.305 e. The van der Waals surface area contributed by atoms with Gasteiger partial charge >= 0.3 is 5.97 Å². The Morgan fingerprint density at radius 3 is 2.46 bits per heavy atom. The van der Waals surface area contributed by atoms with Crippen LogP contribution in [0.1, 0.15) is 17.2 Å². The Bertz CT molecular complexity index is 725. The minimum atomic E-state index is -1.02. The fourth-order valence-electron chi connectivity index (χ4n) is 1.98. The number of hydrogen-bond acceptors (Lipinski definition) is 3. The Labute approximate surface area is 141 Å². The number of thioether (sulfide) groups is 1. The number of nitrogens with one attached hydrogen (secondary N) is 1. The summed E-state index contributed by atoms with van der Waals surface area (Å²) in [6, 6.07) is 11.9. The highest BCUT2D eigenvalue weighted by atomic mass is 32.2. The number of benzene rings is 2. The van der Waals surface area contributed by atoms with Gasteiger partial charge in [0.1, 0.15) is 16.9 Å². The van der Waals surface area contributed by atoms with E-state index in [-0.39, 0.29) is 17.9 Å². The number of hydrogen-bond donors (Lipinski definition) is 2. The predicted molar refractivity (Wildman–Crippen MR) is 86.7 cm³/mol. The van der Waals surface area contributed by atoms with Gasteiger partial charge in [0.25, 0.3) is 0 Å². The molecule has 0 fully saturated rings. The third kappa shape index (κ3) is 5.06. The van der Waals surface area contributed by atoms with Gasteiger partial charge in [-0.2, -0.15) is 0 Å². The van der Waals surface area contributed by atoms with Crippen molar-refractivity contribution in [3.8, 4) is 0 Å². The lowest BCUT2D eigenvalue weighted by Crippen LogP contribution is -2.30. The first-order valence-corrected chi connectivity index (χ1v) is 8.01. The van der Waals surface area contributed by atoms with E-state index in [1.807, 2.05) is 0 Å². The van der Waals surface area contributed by atoms with E-state index in [0.29, 0.717) is 5.56 Å². The van der Waals surface area contributed by atoms with Crippen molar-refractivity contribution in [2.45, 2.75) is 16.6 Å². The largest absolute Gasteiger partial charge is 0.481 e. The molecule has 2 aromatic rings. The number of amides is 1. The van der Waals surface area contributed by atoms with E-state index in [4.69, 9.17) is 5.11 Å². The van der Waals surface area contributed by atoms with E-state index in [0.717, 1.165) is 23.9 Å². The lowest BCUT2D eigenvalue weighted by molar-refractivity contribution is -0.136. The van der Waals surface area contributed by atoms with E-state index < -0.39 is 28.8 Å². The molecule has 2 aromatic carbocycles. The first-order chi connectivity index (χ1) is 11.5. The van der Waals surface area contributed by atoms with Crippen molar-refractivity contribution in [1.29, 1.82) is 0 Å². The van der Waals surface area contributed by atoms with Crippen LogP contribution in [0.4, 0.5) is 8.78 Å². The molecule has 24 heavy (non-hydrogen) atoms. The highest BCUT2D eigenvalue weighted by molar-refractivity contribution is 8.00. The van der Waals surface area contributed by atoms with Crippen LogP contribution in [-0.4, -0.2) is 23.5 Å². The van der Waals surface area contributed by atoms with Crippen LogP contribution in [0.3, 0.4) is 0 Å². The monoisotopic (exact) mass is 351 g/mol. The Morgan fingerprint density at radius 1 is 1.12 bits per heavy atom. The average Bonchev–Trinajstić information content (AvgIpc) is 2.54. The third-order valence-corrected chi connectivity index (χ3v) is 4.42. The zero-order valence-corrected chi connectivity index (χ0v) is 13.4. The predicted octanol–water partition coefficient (Wildman–Crippen LogP) is 3.39. The lowest BCUT2D eigenvalue weighted by atomic mass is 10.1. The molecular formula is C17H15F2NO3S. The summed E-state index contributed by atoms with van der Waals surface area (Å²) in [6.45, 7) is -0.0238. The summed E-state index contributed by atoms with van der Waals surface area (Å²) in [7, 11) is 0. The minimum Gasteiger partial charge on any atom is -0.481 e. The van der Waals surface area contributed by atoms with E-state index in [1.54, 1.807) is 30.3 Å². The summed E-state index contributed by atoms with van der Waals surface area (Å²) >= 11 is 0.943. The van der Waals surface area contributed by atoms with E-state index >= 15 is 0 Å². The highest BCUT2D eigenvalue weighted by Gasteiger charge is 2.23. The molecule has 0 radical (unpaired) electrons. The van der Waals surface area contributed by atoms with E-state index in [2.05, 4.69) is 5.32 Å². The van der Waals surface area contributed by atoms with Crippen molar-refractivity contribution < 1.29 is 23.5 Å². The molecular weight excluding hydrogens is 336 g/mol. The van der Waals surface area contributed by atoms with Gasteiger partial charge in [0, 0.05) is 17.5 Å². The van der Waals surface area contributed by atoms with Crippen LogP contribution in [0.5, 0.6) is 0 Å². The second-order valence-electron chi connectivity index (χ2n) is 4.92. The lowest BCUT2D eigenvalue weighted by Gasteiger charge is -2.17. The Hall–Kier alpha value is -2.41. The van der Waals surface area contributed by atoms with Crippen molar-refractivity contribution in [2.24, 2.45) is 0 Å². The summed E-state index contributed by atoms with van der Waals surface area (Å²) in [5.41, 5.74) is 0.638. The minimum absolute atomic E-state index is 0.0238. The van der Waals surface area contributed by atoms with Crippen LogP contribution in [0.15, 0.2) is 53.4 Å². The molecule has 126 valence electrons. The van der Waals surface area contributed by atoms with Gasteiger partial charge in [0.05, 0.1) is 6.42 Å². The topological polar surface area (TPSA) is 66.4 Å². The van der Waals surface area contributed by atoms with Gasteiger partial charge < -0.3 is 10.4 Å². The number of carboxylic acid groups (broad SMARTS) is 1. The molecule has 2 rings (SSSR count). The van der Waals surface area contributed by atoms with Crippen molar-refractivity contribution in [1.82, 2.24) is 5.32 Å². The summed E-state index contributed by atoms with van der Waals surface area (Å²) < 4.78 is 26.9. The molecule has 0 heterocycles. The standard InChI is InChI=1S/C17H15F2NO3S/c18-12-6-7-14(13(19)10-12)24-16(11-4-2-1-3-5-11)17(23)20-9-8-15(21)22/h1-7,10,16H,8-9H2,(H,20,23)(H,21,22). The first-order valence-electron chi connectivity index (χ1n) is 7.13. The number of carbonyl (C=O) groups excluding carboxylic acids is 1. The fourth-order valence-corrected chi connectivity index (χ4v) is 3.04. The molecule has 0 saturated carbocycles. The van der Waals surface area contributed by atoms with Gasteiger partial charge in [-0.15, -0.1) is 11.8 Å². The van der Waals surface area contributed by atoms with Gasteiger partial charge in [-0.3, -0.25) is 9.59 Å². The van der Waals surface area contributed by atoms with Crippen LogP contribution in [0.2, 0.25) is 0 Å². The summed E-state index contributed by atoms with van der Waals surface area (Å²) in [6.07, 6.45) is -0.206. The van der Waals surface area contributed by atoms with Crippen molar-refractivity contribution in [3.63, 3.8) is 0 Å². The molecule has 0 aliphatic rings. The summed E-state index contributed by atoms with van der Waals surface area (Å²) in [5.74, 6) is -2.90. The number of aliphatic carboxylic acids is 1. The maximum atomic E-state index is 13.9. The van der Waals surface area contributed by atoms with Crippen molar-refractivity contribution in [2.75, 3.05) is 6.54 Å². The van der Waals surface area contributed by atoms with Gasteiger partial charge in [0.15, 0.2) is 0 Å². The molecule has 1 amide bonds. The smallest absolute Gasteiger partial charge is 0.305 e. The van der Waals surface area contributed by atoms with Crippen LogP contribution >= 0.6 is 11.8 Å². The van der Waals surface area contributed by atoms with Crippen LogP contribution in [-0.2, 0) is 9.59 Å². The Morgan fingerprint density at radius 2 is 1.83 bits per heavy atom. The second kappa shape index (κ2) is 8.44. The molecule has 0 aliphatic carbocycles. The van der Waals surface area contributed by atoms with Crippen LogP contribution in [0, 0.1) is 11.6 Å². The molecule has 0 aromatic heterocycles. The summed E-state index contributed by atoms with van der Waals surface area (Å²) in [4.78, 5) is 23.1. The number of rotatable bonds is 7. The molecule has 2 N–H and O–H groups in total. The fraction of sp³-hybridized carbons (Fsp3) is 0.176. The maximum absolute atomic E-state index is 13.9. The van der Waals surface area contributed by atoms with Crippen molar-refractivity contribution in [3.05, 3.63) is 65.7 Å². The first kappa shape index (κ1) is 17.9. The molecule has 1 atom stereocenters. The SMILES string of the molecule is O=C(O)CCNC(=O)C(Sc1ccc(F)cc1F)c1ccccc1. The molecule has 0 aliphatic heterocycles. The normalized spacial score (nSPS) is 11.8. The highest BCUT2D eigenvalue weighted by Crippen LogP contribution is 2.36. The number of carboxylic acids is 1. The zero-order chi connectivity index (χ0) is 17.5. The van der Waals surface area contributed by atoms with Gasteiger partial charge in [0.2, 0.25) is 5.91 Å². The molecule has 1 unspecified atom stereocenters. The summed E-state index contributed by atoms with van der Waals surface area (Å²) in [5, 5.41) is 10.4. The number of halogens is 2. The molecule has 0 saturated heterocycles. The third-order valence-electron chi connectivity index (χ3n) is 3.12. The molecule has 7 heteroatoms. The zero-order valence-electron chi connectivity index (χ0n) is 12.5. The van der Waals surface area contributed by atoms with Gasteiger partial charge in [-0.25, -0.2) is 8.78 Å². The Kier molecular flexibility index (Phi) is 6.31. The van der Waals surface area contributed by atoms with Gasteiger partial charge in [-0.05, 0) is 17.7 Å². The van der Waals surface area contributed by atoms with E-state index in [1.165, 1.54) is 6.07 Å². The molecule has 4 nitrogen and oxygen atoms in total. The Balaban J connectivity index is 2.20.